The number of benzene rings is 2. The molecule has 2 aliphatic rings. The van der Waals surface area contributed by atoms with Crippen LogP contribution in [-0.2, 0) is 31.3 Å². The molecule has 0 aliphatic carbocycles. The quantitative estimate of drug-likeness (QED) is 0.775. The Morgan fingerprint density at radius 1 is 1.04 bits per heavy atom. The van der Waals surface area contributed by atoms with Crippen LogP contribution in [0.25, 0.3) is 0 Å². The highest BCUT2D eigenvalue weighted by atomic mass is 32.2. The number of rotatable bonds is 3. The highest BCUT2D eigenvalue weighted by molar-refractivity contribution is 7.94. The van der Waals surface area contributed by atoms with Gasteiger partial charge >= 0.3 is 0 Å². The second kappa shape index (κ2) is 6.07. The molecule has 27 heavy (non-hydrogen) atoms. The largest absolute Gasteiger partial charge is 0.273 e. The number of amides is 1. The Morgan fingerprint density at radius 2 is 1.78 bits per heavy atom. The molecule has 4 rings (SSSR count). The summed E-state index contributed by atoms with van der Waals surface area (Å²) in [6, 6.07) is 11.6. The number of nitrogens with zero attached hydrogens (tertiary/aromatic N) is 2. The monoisotopic (exact) mass is 406 g/mol. The van der Waals surface area contributed by atoms with Gasteiger partial charge in [-0.1, -0.05) is 18.2 Å². The van der Waals surface area contributed by atoms with Crippen molar-refractivity contribution in [3.8, 4) is 0 Å². The lowest BCUT2D eigenvalue weighted by Gasteiger charge is -2.22. The van der Waals surface area contributed by atoms with Crippen LogP contribution in [0.3, 0.4) is 0 Å². The highest BCUT2D eigenvalue weighted by Crippen LogP contribution is 2.35. The van der Waals surface area contributed by atoms with Crippen molar-refractivity contribution >= 4 is 37.3 Å². The Labute approximate surface area is 158 Å². The summed E-state index contributed by atoms with van der Waals surface area (Å²) >= 11 is 0. The molecule has 0 atom stereocenters. The van der Waals surface area contributed by atoms with E-state index in [0.29, 0.717) is 24.2 Å². The summed E-state index contributed by atoms with van der Waals surface area (Å²) in [5.41, 5.74) is 2.21. The summed E-state index contributed by atoms with van der Waals surface area (Å²) in [5.74, 6) is -0.728. The fraction of sp³-hybridized carbons (Fsp3) is 0.278. The van der Waals surface area contributed by atoms with Crippen LogP contribution in [0.2, 0.25) is 0 Å². The van der Waals surface area contributed by atoms with Crippen LogP contribution in [0.1, 0.15) is 17.5 Å². The van der Waals surface area contributed by atoms with Crippen molar-refractivity contribution in [2.24, 2.45) is 0 Å². The van der Waals surface area contributed by atoms with E-state index in [4.69, 9.17) is 0 Å². The van der Waals surface area contributed by atoms with Gasteiger partial charge in [-0.05, 0) is 48.7 Å². The van der Waals surface area contributed by atoms with Crippen LogP contribution in [0.4, 0.5) is 11.4 Å². The molecule has 9 heteroatoms. The number of fused-ring (bicyclic) bond motifs is 1. The molecule has 2 aromatic carbocycles. The third-order valence-electron chi connectivity index (χ3n) is 4.88. The number of hydrogen-bond acceptors (Lipinski definition) is 5. The lowest BCUT2D eigenvalue weighted by Crippen LogP contribution is -2.31. The lowest BCUT2D eigenvalue weighted by molar-refractivity contribution is -0.116. The summed E-state index contributed by atoms with van der Waals surface area (Å²) in [4.78, 5) is 12.1. The smallest absolute Gasteiger partial charge is 0.264 e. The van der Waals surface area contributed by atoms with Crippen molar-refractivity contribution in [3.05, 3.63) is 53.6 Å². The van der Waals surface area contributed by atoms with Crippen LogP contribution in [0.5, 0.6) is 0 Å². The highest BCUT2D eigenvalue weighted by Gasteiger charge is 2.37. The topological polar surface area (TPSA) is 91.8 Å². The van der Waals surface area contributed by atoms with E-state index in [1.807, 2.05) is 12.1 Å². The summed E-state index contributed by atoms with van der Waals surface area (Å²) < 4.78 is 52.7. The normalized spacial score (nSPS) is 18.8. The van der Waals surface area contributed by atoms with E-state index < -0.39 is 26.0 Å². The van der Waals surface area contributed by atoms with Crippen molar-refractivity contribution in [1.29, 1.82) is 0 Å². The molecule has 0 aromatic heterocycles. The zero-order chi connectivity index (χ0) is 19.4. The van der Waals surface area contributed by atoms with Gasteiger partial charge in [0.1, 0.15) is 0 Å². The van der Waals surface area contributed by atoms with Crippen molar-refractivity contribution in [2.45, 2.75) is 24.7 Å². The number of carbonyl (C=O) groups is 1. The zero-order valence-electron chi connectivity index (χ0n) is 14.6. The number of sulfonamides is 2. The van der Waals surface area contributed by atoms with Gasteiger partial charge in [-0.25, -0.2) is 21.1 Å². The van der Waals surface area contributed by atoms with E-state index in [2.05, 4.69) is 0 Å². The predicted octanol–water partition coefficient (Wildman–Crippen LogP) is 1.81. The molecule has 142 valence electrons. The first-order valence-electron chi connectivity index (χ1n) is 8.49. The molecular weight excluding hydrogens is 388 g/mol. The summed E-state index contributed by atoms with van der Waals surface area (Å²) in [5, 5.41) is 0. The maximum atomic E-state index is 13.2. The average Bonchev–Trinajstić information content (AvgIpc) is 3.15. The molecule has 7 nitrogen and oxygen atoms in total. The van der Waals surface area contributed by atoms with Crippen molar-refractivity contribution < 1.29 is 21.6 Å². The third-order valence-corrected chi connectivity index (χ3v) is 8.55. The van der Waals surface area contributed by atoms with Crippen LogP contribution in [0, 0.1) is 6.92 Å². The van der Waals surface area contributed by atoms with Gasteiger partial charge in [-0.3, -0.25) is 9.10 Å². The maximum Gasteiger partial charge on any atom is 0.264 e. The molecule has 2 heterocycles. The standard InChI is InChI=1S/C18H18N2O5S2/c1-13-12-15(20-18(21)9-11-26(20,22)23)6-7-17(13)27(24,25)19-10-8-14-4-2-3-5-16(14)19/h2-7,12H,8-11H2,1H3. The number of anilines is 2. The second-order valence-electron chi connectivity index (χ2n) is 6.63. The molecule has 1 amide bonds. The molecule has 2 aliphatic heterocycles. The minimum atomic E-state index is -3.78. The van der Waals surface area contributed by atoms with E-state index in [0.717, 1.165) is 9.87 Å². The maximum absolute atomic E-state index is 13.2. The first-order valence-corrected chi connectivity index (χ1v) is 11.5. The molecule has 0 bridgehead atoms. The fourth-order valence-corrected chi connectivity index (χ4v) is 6.76. The molecule has 0 radical (unpaired) electrons. The third kappa shape index (κ3) is 2.81. The Morgan fingerprint density at radius 3 is 2.44 bits per heavy atom. The van der Waals surface area contributed by atoms with Gasteiger partial charge in [-0.2, -0.15) is 0 Å². The van der Waals surface area contributed by atoms with Gasteiger partial charge in [0.15, 0.2) is 0 Å². The number of carbonyl (C=O) groups excluding carboxylic acids is 1. The summed E-state index contributed by atoms with van der Waals surface area (Å²) in [7, 11) is -7.47. The predicted molar refractivity (Wildman–Crippen MR) is 102 cm³/mol. The van der Waals surface area contributed by atoms with E-state index in [-0.39, 0.29) is 22.8 Å². The molecule has 0 unspecified atom stereocenters. The first-order chi connectivity index (χ1) is 12.7. The van der Waals surface area contributed by atoms with Gasteiger partial charge in [0.2, 0.25) is 15.9 Å². The Hall–Kier alpha value is -2.39. The minimum Gasteiger partial charge on any atom is -0.273 e. The van der Waals surface area contributed by atoms with Gasteiger partial charge in [0.05, 0.1) is 22.0 Å². The average molecular weight is 406 g/mol. The molecule has 1 fully saturated rings. The fourth-order valence-electron chi connectivity index (χ4n) is 3.59. The van der Waals surface area contributed by atoms with Crippen LogP contribution >= 0.6 is 0 Å². The first kappa shape index (κ1) is 18.0. The number of para-hydroxylation sites is 1. The summed E-state index contributed by atoms with van der Waals surface area (Å²) in [6.45, 7) is 1.97. The SMILES string of the molecule is Cc1cc(N2C(=O)CCS2(=O)=O)ccc1S(=O)(=O)N1CCc2ccccc21. The van der Waals surface area contributed by atoms with E-state index >= 15 is 0 Å². The lowest BCUT2D eigenvalue weighted by atomic mass is 10.2. The molecule has 0 N–H and O–H groups in total. The van der Waals surface area contributed by atoms with E-state index in [1.54, 1.807) is 19.1 Å². The van der Waals surface area contributed by atoms with Gasteiger partial charge in [-0.15, -0.1) is 0 Å². The van der Waals surface area contributed by atoms with E-state index in [9.17, 15) is 21.6 Å². The van der Waals surface area contributed by atoms with Crippen molar-refractivity contribution in [2.75, 3.05) is 20.9 Å². The molecular formula is C18H18N2O5S2. The number of hydrogen-bond donors (Lipinski definition) is 0. The Balaban J connectivity index is 1.75. The second-order valence-corrected chi connectivity index (χ2v) is 10.4. The number of aryl methyl sites for hydroxylation is 1. The zero-order valence-corrected chi connectivity index (χ0v) is 16.3. The van der Waals surface area contributed by atoms with Gasteiger partial charge < -0.3 is 0 Å². The van der Waals surface area contributed by atoms with Crippen LogP contribution < -0.4 is 8.61 Å². The molecule has 0 spiro atoms. The molecule has 2 aromatic rings. The Kier molecular flexibility index (Phi) is 4.04. The minimum absolute atomic E-state index is 0.0635. The van der Waals surface area contributed by atoms with Gasteiger partial charge in [0, 0.05) is 13.0 Å². The van der Waals surface area contributed by atoms with Crippen molar-refractivity contribution in [1.82, 2.24) is 0 Å². The van der Waals surface area contributed by atoms with Crippen molar-refractivity contribution in [3.63, 3.8) is 0 Å². The van der Waals surface area contributed by atoms with E-state index in [1.165, 1.54) is 22.5 Å². The van der Waals surface area contributed by atoms with Crippen LogP contribution in [-0.4, -0.2) is 35.0 Å². The molecule has 0 saturated carbocycles. The van der Waals surface area contributed by atoms with Gasteiger partial charge in [0.25, 0.3) is 10.0 Å². The molecule has 1 saturated heterocycles. The summed E-state index contributed by atoms with van der Waals surface area (Å²) in [6.07, 6.45) is 0.582. The van der Waals surface area contributed by atoms with Crippen LogP contribution in [0.15, 0.2) is 47.4 Å². The Bertz CT molecular complexity index is 1160.